The van der Waals surface area contributed by atoms with E-state index in [4.69, 9.17) is 21.1 Å². The molecule has 2 fully saturated rings. The minimum atomic E-state index is -4.20. The maximum absolute atomic E-state index is 13.7. The Labute approximate surface area is 290 Å². The Balaban J connectivity index is 1.31. The van der Waals surface area contributed by atoms with Gasteiger partial charge in [0.25, 0.3) is 5.91 Å². The molecule has 0 bridgehead atoms. The molecule has 2 aliphatic carbocycles. The summed E-state index contributed by atoms with van der Waals surface area (Å²) in [5, 5.41) is 11.4. The monoisotopic (exact) mass is 697 g/mol. The van der Waals surface area contributed by atoms with E-state index in [2.05, 4.69) is 34.9 Å². The number of aliphatic hydroxyl groups is 1. The SMILES string of the molecule is C=CC[C@@H](C)N(C[C@@H]1CCCO1)S(=O)(=O)NC(=O)c1ccc2c(c1)N(C[C@@H]1CC[C@H]1[C@@H](O)C=C)C[C@@]1(CCCc3cc(Cl)ccc31)CO2. The molecular weight excluding hydrogens is 650 g/mol. The minimum absolute atomic E-state index is 0.104. The highest BCUT2D eigenvalue weighted by atomic mass is 35.5. The highest BCUT2D eigenvalue weighted by molar-refractivity contribution is 7.87. The second-order valence-corrected chi connectivity index (χ2v) is 16.1. The van der Waals surface area contributed by atoms with Crippen molar-refractivity contribution in [2.75, 3.05) is 37.7 Å². The number of nitrogens with one attached hydrogen (secondary N) is 1. The Hall–Kier alpha value is -2.89. The molecule has 2 aromatic carbocycles. The largest absolute Gasteiger partial charge is 0.490 e. The van der Waals surface area contributed by atoms with E-state index in [0.717, 1.165) is 55.7 Å². The van der Waals surface area contributed by atoms with Gasteiger partial charge in [-0.25, -0.2) is 4.72 Å². The molecule has 2 aliphatic heterocycles. The summed E-state index contributed by atoms with van der Waals surface area (Å²) in [6.07, 6.45) is 9.37. The molecule has 260 valence electrons. The molecule has 0 radical (unpaired) electrons. The van der Waals surface area contributed by atoms with Crippen molar-refractivity contribution in [3.05, 3.63) is 83.4 Å². The summed E-state index contributed by atoms with van der Waals surface area (Å²) in [6, 6.07) is 10.9. The van der Waals surface area contributed by atoms with Crippen molar-refractivity contribution in [1.29, 1.82) is 0 Å². The lowest BCUT2D eigenvalue weighted by Crippen LogP contribution is -2.50. The molecule has 2 N–H and O–H groups in total. The van der Waals surface area contributed by atoms with Crippen molar-refractivity contribution in [1.82, 2.24) is 9.03 Å². The second-order valence-electron chi connectivity index (χ2n) is 14.0. The van der Waals surface area contributed by atoms with Crippen LogP contribution < -0.4 is 14.4 Å². The van der Waals surface area contributed by atoms with E-state index in [1.165, 1.54) is 15.4 Å². The highest BCUT2D eigenvalue weighted by Crippen LogP contribution is 2.46. The van der Waals surface area contributed by atoms with Crippen LogP contribution in [0, 0.1) is 11.8 Å². The number of aliphatic hydroxyl groups excluding tert-OH is 1. The molecule has 0 unspecified atom stereocenters. The van der Waals surface area contributed by atoms with Crippen LogP contribution in [-0.2, 0) is 26.8 Å². The van der Waals surface area contributed by atoms with Crippen molar-refractivity contribution in [2.45, 2.75) is 82.0 Å². The van der Waals surface area contributed by atoms with E-state index in [1.54, 1.807) is 30.4 Å². The third kappa shape index (κ3) is 7.19. The average molecular weight is 698 g/mol. The predicted octanol–water partition coefficient (Wildman–Crippen LogP) is 5.81. The fourth-order valence-corrected chi connectivity index (χ4v) is 9.67. The van der Waals surface area contributed by atoms with Crippen molar-refractivity contribution >= 4 is 33.4 Å². The number of ether oxygens (including phenoxy) is 2. The van der Waals surface area contributed by atoms with Crippen molar-refractivity contribution in [2.24, 2.45) is 11.8 Å². The van der Waals surface area contributed by atoms with E-state index in [0.29, 0.717) is 38.5 Å². The maximum Gasteiger partial charge on any atom is 0.304 e. The molecule has 48 heavy (non-hydrogen) atoms. The Morgan fingerprint density at radius 2 is 2.04 bits per heavy atom. The molecule has 1 amide bonds. The molecule has 4 aliphatic rings. The fraction of sp³-hybridized carbons (Fsp3) is 0.541. The van der Waals surface area contributed by atoms with Gasteiger partial charge < -0.3 is 19.5 Å². The van der Waals surface area contributed by atoms with Gasteiger partial charge in [-0.05, 0) is 112 Å². The van der Waals surface area contributed by atoms with Crippen LogP contribution in [0.1, 0.15) is 73.4 Å². The Kier molecular flexibility index (Phi) is 10.6. The van der Waals surface area contributed by atoms with Crippen LogP contribution in [0.3, 0.4) is 0 Å². The van der Waals surface area contributed by atoms with Crippen LogP contribution >= 0.6 is 11.6 Å². The number of rotatable bonds is 12. The zero-order valence-corrected chi connectivity index (χ0v) is 29.4. The van der Waals surface area contributed by atoms with Gasteiger partial charge in [0.05, 0.1) is 24.5 Å². The third-order valence-electron chi connectivity index (χ3n) is 10.8. The van der Waals surface area contributed by atoms with Gasteiger partial charge >= 0.3 is 10.2 Å². The summed E-state index contributed by atoms with van der Waals surface area (Å²) < 4.78 is 43.4. The quantitative estimate of drug-likeness (QED) is 0.270. The van der Waals surface area contributed by atoms with Crippen molar-refractivity contribution < 1.29 is 27.8 Å². The maximum atomic E-state index is 13.7. The number of hydrogen-bond donors (Lipinski definition) is 2. The topological polar surface area (TPSA) is 108 Å². The molecule has 1 saturated carbocycles. The van der Waals surface area contributed by atoms with E-state index in [-0.39, 0.29) is 35.5 Å². The summed E-state index contributed by atoms with van der Waals surface area (Å²) in [5.41, 5.74) is 3.13. The molecular formula is C37H48ClN3O6S. The number of anilines is 1. The highest BCUT2D eigenvalue weighted by Gasteiger charge is 2.44. The molecule has 0 aromatic heterocycles. The van der Waals surface area contributed by atoms with Crippen LogP contribution in [0.4, 0.5) is 5.69 Å². The van der Waals surface area contributed by atoms with E-state index < -0.39 is 28.3 Å². The Morgan fingerprint density at radius 3 is 2.75 bits per heavy atom. The summed E-state index contributed by atoms with van der Waals surface area (Å²) >= 11 is 6.41. The zero-order valence-electron chi connectivity index (χ0n) is 27.8. The van der Waals surface area contributed by atoms with Crippen LogP contribution in [0.15, 0.2) is 61.7 Å². The lowest BCUT2D eigenvalue weighted by Gasteiger charge is -2.45. The molecule has 1 spiro atoms. The first-order valence-corrected chi connectivity index (χ1v) is 19.0. The van der Waals surface area contributed by atoms with Crippen LogP contribution in [0.2, 0.25) is 5.02 Å². The first-order valence-electron chi connectivity index (χ1n) is 17.2. The molecule has 11 heteroatoms. The Morgan fingerprint density at radius 1 is 1.21 bits per heavy atom. The Bertz CT molecular complexity index is 1630. The number of amides is 1. The number of benzene rings is 2. The molecule has 2 aromatic rings. The number of halogens is 1. The van der Waals surface area contributed by atoms with E-state index in [9.17, 15) is 18.3 Å². The number of carbonyl (C=O) groups excluding carboxylic acids is 1. The molecule has 6 atom stereocenters. The average Bonchev–Trinajstić information content (AvgIpc) is 3.52. The summed E-state index contributed by atoms with van der Waals surface area (Å²) in [6.45, 7) is 11.9. The van der Waals surface area contributed by atoms with Gasteiger partial charge in [0.1, 0.15) is 5.75 Å². The van der Waals surface area contributed by atoms with Crippen molar-refractivity contribution in [3.8, 4) is 5.75 Å². The van der Waals surface area contributed by atoms with Crippen LogP contribution in [0.5, 0.6) is 5.75 Å². The summed E-state index contributed by atoms with van der Waals surface area (Å²) in [5.74, 6) is 0.269. The molecule has 1 saturated heterocycles. The van der Waals surface area contributed by atoms with Crippen molar-refractivity contribution in [3.63, 3.8) is 0 Å². The normalized spacial score (nSPS) is 26.4. The standard InChI is InChI=1S/C37H48ClN3O6S/c1-4-8-25(3)41(22-30-10-7-18-46-30)48(44,45)39-36(43)27-12-16-35-33(20-27)40(21-28-11-14-31(28)34(42)5-2)23-37(24-47-35)17-6-9-26-19-29(38)13-15-32(26)37/h4-5,12-13,15-16,19-20,25,28,30-31,34,42H,1-2,6-11,14,17-18,21-24H2,3H3,(H,39,43)/t25-,28+,30+,31-,34+,37+/m1/s1. The lowest BCUT2D eigenvalue weighted by atomic mass is 9.68. The van der Waals surface area contributed by atoms with Gasteiger partial charge in [0.15, 0.2) is 0 Å². The van der Waals surface area contributed by atoms with Gasteiger partial charge in [-0.2, -0.15) is 12.7 Å². The van der Waals surface area contributed by atoms with Gasteiger partial charge in [-0.15, -0.1) is 13.2 Å². The first kappa shape index (κ1) is 35.0. The summed E-state index contributed by atoms with van der Waals surface area (Å²) in [4.78, 5) is 16.0. The number of hydrogen-bond acceptors (Lipinski definition) is 7. The number of nitrogens with zero attached hydrogens (tertiary/aromatic N) is 2. The van der Waals surface area contributed by atoms with Gasteiger partial charge in [0, 0.05) is 48.3 Å². The molecule has 9 nitrogen and oxygen atoms in total. The first-order chi connectivity index (χ1) is 23.0. The lowest BCUT2D eigenvalue weighted by molar-refractivity contribution is 0.0460. The zero-order chi connectivity index (χ0) is 34.1. The molecule has 6 rings (SSSR count). The van der Waals surface area contributed by atoms with E-state index in [1.807, 2.05) is 13.0 Å². The number of aryl methyl sites for hydroxylation is 1. The van der Waals surface area contributed by atoms with Gasteiger partial charge in [0.2, 0.25) is 0 Å². The van der Waals surface area contributed by atoms with Gasteiger partial charge in [-0.3, -0.25) is 4.79 Å². The smallest absolute Gasteiger partial charge is 0.304 e. The number of fused-ring (bicyclic) bond motifs is 3. The van der Waals surface area contributed by atoms with Crippen LogP contribution in [-0.4, -0.2) is 74.8 Å². The van der Waals surface area contributed by atoms with E-state index >= 15 is 0 Å². The molecule has 2 heterocycles. The second kappa shape index (κ2) is 14.5. The number of carbonyl (C=O) groups is 1. The third-order valence-corrected chi connectivity index (χ3v) is 12.7. The summed E-state index contributed by atoms with van der Waals surface area (Å²) in [7, 11) is -4.20. The van der Waals surface area contributed by atoms with Crippen LogP contribution in [0.25, 0.3) is 0 Å². The van der Waals surface area contributed by atoms with Gasteiger partial charge in [-0.1, -0.05) is 29.8 Å². The fourth-order valence-electron chi connectivity index (χ4n) is 8.08. The predicted molar refractivity (Wildman–Crippen MR) is 189 cm³/mol. The minimum Gasteiger partial charge on any atom is -0.490 e.